The van der Waals surface area contributed by atoms with Gasteiger partial charge in [0.1, 0.15) is 0 Å². The van der Waals surface area contributed by atoms with Crippen LogP contribution in [-0.2, 0) is 4.74 Å². The zero-order valence-electron chi connectivity index (χ0n) is 11.1. The van der Waals surface area contributed by atoms with Crippen LogP contribution in [0.5, 0.6) is 0 Å². The lowest BCUT2D eigenvalue weighted by Crippen LogP contribution is -2.40. The molecule has 1 unspecified atom stereocenters. The van der Waals surface area contributed by atoms with Crippen molar-refractivity contribution in [1.29, 1.82) is 0 Å². The zero-order chi connectivity index (χ0) is 12.5. The van der Waals surface area contributed by atoms with Gasteiger partial charge in [-0.2, -0.15) is 0 Å². The minimum atomic E-state index is -0.139. The van der Waals surface area contributed by atoms with Crippen LogP contribution in [0.3, 0.4) is 0 Å². The largest absolute Gasteiger partial charge is 0.376 e. The topological polar surface area (TPSA) is 35.2 Å². The van der Waals surface area contributed by atoms with Crippen molar-refractivity contribution in [2.45, 2.75) is 51.2 Å². The molecule has 2 N–H and O–H groups in total. The molecule has 0 heterocycles. The van der Waals surface area contributed by atoms with Crippen molar-refractivity contribution >= 4 is 0 Å². The summed E-state index contributed by atoms with van der Waals surface area (Å²) in [6.45, 7) is 4.25. The van der Waals surface area contributed by atoms with E-state index in [-0.39, 0.29) is 11.6 Å². The molecule has 1 aromatic rings. The molecule has 94 valence electrons. The minimum absolute atomic E-state index is 0.00407. The quantitative estimate of drug-likeness (QED) is 0.869. The Morgan fingerprint density at radius 1 is 1.24 bits per heavy atom. The van der Waals surface area contributed by atoms with E-state index in [1.165, 1.54) is 29.5 Å². The van der Waals surface area contributed by atoms with Crippen LogP contribution >= 0.6 is 0 Å². The van der Waals surface area contributed by atoms with Crippen molar-refractivity contribution in [2.24, 2.45) is 5.73 Å². The monoisotopic (exact) mass is 233 g/mol. The molecule has 2 heteroatoms. The normalized spacial score (nSPS) is 20.5. The Bertz CT molecular complexity index is 394. The first kappa shape index (κ1) is 12.6. The van der Waals surface area contributed by atoms with E-state index in [0.717, 1.165) is 12.8 Å². The Balaban J connectivity index is 2.32. The second-order valence-electron chi connectivity index (χ2n) is 5.31. The second-order valence-corrected chi connectivity index (χ2v) is 5.31. The van der Waals surface area contributed by atoms with E-state index < -0.39 is 0 Å². The van der Waals surface area contributed by atoms with E-state index in [2.05, 4.69) is 32.0 Å². The van der Waals surface area contributed by atoms with Crippen molar-refractivity contribution in [3.8, 4) is 0 Å². The minimum Gasteiger partial charge on any atom is -0.376 e. The smallest absolute Gasteiger partial charge is 0.0870 e. The van der Waals surface area contributed by atoms with Crippen molar-refractivity contribution in [3.05, 3.63) is 34.9 Å². The predicted octanol–water partition coefficient (Wildman–Crippen LogP) is 3.26. The van der Waals surface area contributed by atoms with E-state index in [9.17, 15) is 0 Å². The number of methoxy groups -OCH3 is 1. The fourth-order valence-corrected chi connectivity index (χ4v) is 3.07. The van der Waals surface area contributed by atoms with Gasteiger partial charge in [0.25, 0.3) is 0 Å². The number of hydrogen-bond acceptors (Lipinski definition) is 2. The summed E-state index contributed by atoms with van der Waals surface area (Å²) in [5.74, 6) is 0. The van der Waals surface area contributed by atoms with Crippen LogP contribution in [0.2, 0.25) is 0 Å². The molecule has 1 atom stereocenters. The maximum atomic E-state index is 6.47. The number of aryl methyl sites for hydroxylation is 2. The molecule has 0 radical (unpaired) electrons. The number of hydrogen-bond donors (Lipinski definition) is 1. The molecule has 2 rings (SSSR count). The highest BCUT2D eigenvalue weighted by molar-refractivity contribution is 5.34. The average Bonchev–Trinajstić information content (AvgIpc) is 2.78. The molecular weight excluding hydrogens is 210 g/mol. The summed E-state index contributed by atoms with van der Waals surface area (Å²) in [5, 5.41) is 0. The lowest BCUT2D eigenvalue weighted by Gasteiger charge is -2.35. The van der Waals surface area contributed by atoms with Crippen LogP contribution in [0, 0.1) is 13.8 Å². The molecule has 0 aliphatic heterocycles. The summed E-state index contributed by atoms with van der Waals surface area (Å²) in [6.07, 6.45) is 4.62. The molecule has 17 heavy (non-hydrogen) atoms. The number of rotatable bonds is 3. The lowest BCUT2D eigenvalue weighted by atomic mass is 9.85. The fourth-order valence-electron chi connectivity index (χ4n) is 3.07. The lowest BCUT2D eigenvalue weighted by molar-refractivity contribution is -0.0265. The summed E-state index contributed by atoms with van der Waals surface area (Å²) in [6, 6.07) is 6.50. The summed E-state index contributed by atoms with van der Waals surface area (Å²) in [4.78, 5) is 0. The second kappa shape index (κ2) is 4.79. The summed E-state index contributed by atoms with van der Waals surface area (Å²) in [7, 11) is 1.80. The molecule has 0 spiro atoms. The molecule has 1 aliphatic rings. The van der Waals surface area contributed by atoms with Gasteiger partial charge in [-0.05, 0) is 37.8 Å². The van der Waals surface area contributed by atoms with Gasteiger partial charge >= 0.3 is 0 Å². The molecule has 2 nitrogen and oxygen atoms in total. The number of ether oxygens (including phenoxy) is 1. The maximum absolute atomic E-state index is 6.47. The van der Waals surface area contributed by atoms with Crippen molar-refractivity contribution in [1.82, 2.24) is 0 Å². The summed E-state index contributed by atoms with van der Waals surface area (Å²) >= 11 is 0. The van der Waals surface area contributed by atoms with E-state index >= 15 is 0 Å². The average molecular weight is 233 g/mol. The summed E-state index contributed by atoms with van der Waals surface area (Å²) in [5.41, 5.74) is 10.1. The summed E-state index contributed by atoms with van der Waals surface area (Å²) < 4.78 is 5.78. The Morgan fingerprint density at radius 2 is 1.88 bits per heavy atom. The van der Waals surface area contributed by atoms with Crippen LogP contribution < -0.4 is 5.73 Å². The van der Waals surface area contributed by atoms with Gasteiger partial charge in [-0.3, -0.25) is 0 Å². The van der Waals surface area contributed by atoms with E-state index in [0.29, 0.717) is 0 Å². The fraction of sp³-hybridized carbons (Fsp3) is 0.600. The number of benzene rings is 1. The first-order valence-corrected chi connectivity index (χ1v) is 6.47. The molecule has 0 aromatic heterocycles. The highest BCUT2D eigenvalue weighted by atomic mass is 16.5. The van der Waals surface area contributed by atoms with Gasteiger partial charge in [0, 0.05) is 7.11 Å². The molecule has 1 aromatic carbocycles. The number of nitrogens with two attached hydrogens (primary N) is 1. The highest BCUT2D eigenvalue weighted by Crippen LogP contribution is 2.41. The third-order valence-corrected chi connectivity index (χ3v) is 4.18. The van der Waals surface area contributed by atoms with Crippen LogP contribution in [0.1, 0.15) is 48.4 Å². The van der Waals surface area contributed by atoms with Crippen molar-refractivity contribution in [2.75, 3.05) is 7.11 Å². The Hall–Kier alpha value is -0.860. The maximum Gasteiger partial charge on any atom is 0.0870 e. The van der Waals surface area contributed by atoms with Crippen molar-refractivity contribution in [3.63, 3.8) is 0 Å². The van der Waals surface area contributed by atoms with Gasteiger partial charge in [-0.1, -0.05) is 36.6 Å². The van der Waals surface area contributed by atoms with Gasteiger partial charge in [0.2, 0.25) is 0 Å². The molecule has 0 bridgehead atoms. The third kappa shape index (κ3) is 2.24. The van der Waals surface area contributed by atoms with Gasteiger partial charge in [0.05, 0.1) is 11.6 Å². The molecule has 1 saturated carbocycles. The van der Waals surface area contributed by atoms with Crippen molar-refractivity contribution < 1.29 is 4.74 Å². The Morgan fingerprint density at radius 3 is 2.41 bits per heavy atom. The first-order chi connectivity index (χ1) is 8.09. The molecular formula is C15H23NO. The molecule has 1 fully saturated rings. The molecule has 0 amide bonds. The van der Waals surface area contributed by atoms with E-state index in [1.807, 2.05) is 0 Å². The van der Waals surface area contributed by atoms with Gasteiger partial charge in [-0.15, -0.1) is 0 Å². The standard InChI is InChI=1S/C15H23NO/c1-11-6-7-13(12(2)10-11)14(16)15(17-3)8-4-5-9-15/h6-7,10,14H,4-5,8-9,16H2,1-3H3. The zero-order valence-corrected chi connectivity index (χ0v) is 11.1. The Labute approximate surface area is 104 Å². The third-order valence-electron chi connectivity index (χ3n) is 4.18. The first-order valence-electron chi connectivity index (χ1n) is 6.47. The van der Waals surface area contributed by atoms with E-state index in [4.69, 9.17) is 10.5 Å². The SMILES string of the molecule is COC1(C(N)c2ccc(C)cc2C)CCCC1. The highest BCUT2D eigenvalue weighted by Gasteiger charge is 2.40. The van der Waals surface area contributed by atoms with Crippen LogP contribution in [-0.4, -0.2) is 12.7 Å². The van der Waals surface area contributed by atoms with Gasteiger partial charge < -0.3 is 10.5 Å². The van der Waals surface area contributed by atoms with Crippen LogP contribution in [0.4, 0.5) is 0 Å². The van der Waals surface area contributed by atoms with Crippen LogP contribution in [0.25, 0.3) is 0 Å². The predicted molar refractivity (Wildman–Crippen MR) is 71.1 cm³/mol. The van der Waals surface area contributed by atoms with E-state index in [1.54, 1.807) is 7.11 Å². The molecule has 1 aliphatic carbocycles. The van der Waals surface area contributed by atoms with Crippen LogP contribution in [0.15, 0.2) is 18.2 Å². The Kier molecular flexibility index (Phi) is 3.55. The van der Waals surface area contributed by atoms with Gasteiger partial charge in [0.15, 0.2) is 0 Å². The molecule has 0 saturated heterocycles. The van der Waals surface area contributed by atoms with Gasteiger partial charge in [-0.25, -0.2) is 0 Å².